The Morgan fingerprint density at radius 3 is 3.08 bits per heavy atom. The van der Waals surface area contributed by atoms with E-state index in [0.29, 0.717) is 6.04 Å². The fourth-order valence-electron chi connectivity index (χ4n) is 1.66. The zero-order chi connectivity index (χ0) is 8.67. The van der Waals surface area contributed by atoms with E-state index in [2.05, 4.69) is 20.9 Å². The first kappa shape index (κ1) is 7.09. The standard InChI is InChI=1S/C10H11N3/c1-2-6-13-7-9(8-4-5-11-8)12-10(13)3-1/h1-3,6-8,11H,4-5H2. The monoisotopic (exact) mass is 173 g/mol. The molecule has 13 heavy (non-hydrogen) atoms. The van der Waals surface area contributed by atoms with Gasteiger partial charge in [0, 0.05) is 12.4 Å². The van der Waals surface area contributed by atoms with Crippen LogP contribution in [0.3, 0.4) is 0 Å². The Morgan fingerprint density at radius 2 is 2.38 bits per heavy atom. The average molecular weight is 173 g/mol. The van der Waals surface area contributed by atoms with Gasteiger partial charge in [-0.3, -0.25) is 0 Å². The summed E-state index contributed by atoms with van der Waals surface area (Å²) in [5.41, 5.74) is 2.20. The number of imidazole rings is 1. The maximum Gasteiger partial charge on any atom is 0.137 e. The van der Waals surface area contributed by atoms with Crippen LogP contribution in [0.1, 0.15) is 18.2 Å². The second-order valence-electron chi connectivity index (χ2n) is 3.43. The van der Waals surface area contributed by atoms with E-state index in [0.717, 1.165) is 17.9 Å². The second kappa shape index (κ2) is 2.57. The van der Waals surface area contributed by atoms with Crippen LogP contribution >= 0.6 is 0 Å². The van der Waals surface area contributed by atoms with Crippen molar-refractivity contribution in [3.8, 4) is 0 Å². The number of hydrogen-bond donors (Lipinski definition) is 1. The van der Waals surface area contributed by atoms with Crippen LogP contribution in [-0.2, 0) is 0 Å². The van der Waals surface area contributed by atoms with Gasteiger partial charge in [-0.1, -0.05) is 6.07 Å². The van der Waals surface area contributed by atoms with Crippen molar-refractivity contribution < 1.29 is 0 Å². The van der Waals surface area contributed by atoms with Gasteiger partial charge in [0.2, 0.25) is 0 Å². The lowest BCUT2D eigenvalue weighted by molar-refractivity contribution is 0.376. The zero-order valence-electron chi connectivity index (χ0n) is 7.27. The average Bonchev–Trinajstić information content (AvgIpc) is 2.43. The maximum atomic E-state index is 4.54. The fourth-order valence-corrected chi connectivity index (χ4v) is 1.66. The highest BCUT2D eigenvalue weighted by Crippen LogP contribution is 2.21. The van der Waals surface area contributed by atoms with E-state index in [1.807, 2.05) is 24.4 Å². The lowest BCUT2D eigenvalue weighted by atomic mass is 10.1. The number of rotatable bonds is 1. The number of nitrogens with zero attached hydrogens (tertiary/aromatic N) is 2. The molecular weight excluding hydrogens is 162 g/mol. The summed E-state index contributed by atoms with van der Waals surface area (Å²) in [6.45, 7) is 1.12. The first-order chi connectivity index (χ1) is 6.43. The van der Waals surface area contributed by atoms with Gasteiger partial charge in [-0.15, -0.1) is 0 Å². The molecule has 1 aliphatic rings. The van der Waals surface area contributed by atoms with E-state index in [1.165, 1.54) is 6.42 Å². The van der Waals surface area contributed by atoms with Crippen molar-refractivity contribution in [3.05, 3.63) is 36.3 Å². The molecule has 0 aromatic carbocycles. The molecule has 2 aromatic rings. The van der Waals surface area contributed by atoms with Crippen LogP contribution in [0.15, 0.2) is 30.6 Å². The van der Waals surface area contributed by atoms with Gasteiger partial charge in [0.05, 0.1) is 11.7 Å². The molecule has 1 unspecified atom stereocenters. The molecule has 3 rings (SSSR count). The van der Waals surface area contributed by atoms with Gasteiger partial charge in [-0.2, -0.15) is 0 Å². The molecule has 1 saturated heterocycles. The first-order valence-electron chi connectivity index (χ1n) is 4.60. The Balaban J connectivity index is 2.10. The minimum atomic E-state index is 0.486. The molecule has 3 heterocycles. The topological polar surface area (TPSA) is 29.3 Å². The summed E-state index contributed by atoms with van der Waals surface area (Å²) >= 11 is 0. The molecule has 0 bridgehead atoms. The largest absolute Gasteiger partial charge is 0.308 e. The minimum absolute atomic E-state index is 0.486. The van der Waals surface area contributed by atoms with Gasteiger partial charge in [0.15, 0.2) is 0 Å². The number of pyridine rings is 1. The highest BCUT2D eigenvalue weighted by molar-refractivity contribution is 5.40. The molecule has 0 radical (unpaired) electrons. The van der Waals surface area contributed by atoms with Crippen molar-refractivity contribution in [1.29, 1.82) is 0 Å². The molecule has 3 heteroatoms. The van der Waals surface area contributed by atoms with E-state index in [4.69, 9.17) is 0 Å². The normalized spacial score (nSPS) is 21.7. The third kappa shape index (κ3) is 1.04. The lowest BCUT2D eigenvalue weighted by Crippen LogP contribution is -2.35. The van der Waals surface area contributed by atoms with E-state index in [-0.39, 0.29) is 0 Å². The van der Waals surface area contributed by atoms with Gasteiger partial charge in [-0.25, -0.2) is 4.98 Å². The van der Waals surface area contributed by atoms with Gasteiger partial charge < -0.3 is 9.72 Å². The number of aromatic nitrogens is 2. The van der Waals surface area contributed by atoms with E-state index < -0.39 is 0 Å². The van der Waals surface area contributed by atoms with Crippen molar-refractivity contribution >= 4 is 5.65 Å². The van der Waals surface area contributed by atoms with Gasteiger partial charge in [-0.05, 0) is 25.1 Å². The van der Waals surface area contributed by atoms with Crippen molar-refractivity contribution in [2.75, 3.05) is 6.54 Å². The van der Waals surface area contributed by atoms with Crippen molar-refractivity contribution in [2.24, 2.45) is 0 Å². The van der Waals surface area contributed by atoms with Gasteiger partial charge in [0.25, 0.3) is 0 Å². The molecule has 0 spiro atoms. The summed E-state index contributed by atoms with van der Waals surface area (Å²) in [7, 11) is 0. The SMILES string of the molecule is c1ccn2cc(C3CCN3)nc2c1. The van der Waals surface area contributed by atoms with E-state index in [9.17, 15) is 0 Å². The highest BCUT2D eigenvalue weighted by atomic mass is 15.1. The van der Waals surface area contributed by atoms with Crippen LogP contribution in [-0.4, -0.2) is 15.9 Å². The van der Waals surface area contributed by atoms with E-state index >= 15 is 0 Å². The molecule has 0 aliphatic carbocycles. The van der Waals surface area contributed by atoms with Crippen LogP contribution in [0.25, 0.3) is 5.65 Å². The summed E-state index contributed by atoms with van der Waals surface area (Å²) in [6, 6.07) is 6.55. The summed E-state index contributed by atoms with van der Waals surface area (Å²) in [5.74, 6) is 0. The Kier molecular flexibility index (Phi) is 1.40. The molecule has 1 aliphatic heterocycles. The summed E-state index contributed by atoms with van der Waals surface area (Å²) in [6.07, 6.45) is 5.35. The minimum Gasteiger partial charge on any atom is -0.308 e. The van der Waals surface area contributed by atoms with Crippen molar-refractivity contribution in [2.45, 2.75) is 12.5 Å². The molecule has 0 amide bonds. The van der Waals surface area contributed by atoms with Crippen LogP contribution in [0.2, 0.25) is 0 Å². The molecular formula is C10H11N3. The Labute approximate surface area is 76.4 Å². The predicted octanol–water partition coefficient (Wildman–Crippen LogP) is 1.37. The maximum absolute atomic E-state index is 4.54. The molecule has 1 fully saturated rings. The lowest BCUT2D eigenvalue weighted by Gasteiger charge is -2.25. The van der Waals surface area contributed by atoms with Gasteiger partial charge in [0.1, 0.15) is 5.65 Å². The third-order valence-electron chi connectivity index (χ3n) is 2.56. The highest BCUT2D eigenvalue weighted by Gasteiger charge is 2.20. The molecule has 1 atom stereocenters. The number of hydrogen-bond acceptors (Lipinski definition) is 2. The Morgan fingerprint density at radius 1 is 1.46 bits per heavy atom. The first-order valence-corrected chi connectivity index (χ1v) is 4.60. The van der Waals surface area contributed by atoms with Crippen molar-refractivity contribution in [3.63, 3.8) is 0 Å². The van der Waals surface area contributed by atoms with Crippen LogP contribution in [0.4, 0.5) is 0 Å². The Hall–Kier alpha value is -1.35. The molecule has 2 aromatic heterocycles. The van der Waals surface area contributed by atoms with E-state index in [1.54, 1.807) is 0 Å². The molecule has 1 N–H and O–H groups in total. The fraction of sp³-hybridized carbons (Fsp3) is 0.300. The van der Waals surface area contributed by atoms with Crippen LogP contribution in [0.5, 0.6) is 0 Å². The Bertz CT molecular complexity index is 395. The third-order valence-corrected chi connectivity index (χ3v) is 2.56. The van der Waals surface area contributed by atoms with Crippen LogP contribution < -0.4 is 5.32 Å². The smallest absolute Gasteiger partial charge is 0.137 e. The quantitative estimate of drug-likeness (QED) is 0.705. The van der Waals surface area contributed by atoms with Gasteiger partial charge >= 0.3 is 0 Å². The second-order valence-corrected chi connectivity index (χ2v) is 3.43. The summed E-state index contributed by atoms with van der Waals surface area (Å²) in [5, 5.41) is 3.35. The zero-order valence-corrected chi connectivity index (χ0v) is 7.27. The summed E-state index contributed by atoms with van der Waals surface area (Å²) in [4.78, 5) is 4.54. The van der Waals surface area contributed by atoms with Crippen molar-refractivity contribution in [1.82, 2.24) is 14.7 Å². The molecule has 66 valence electrons. The molecule has 0 saturated carbocycles. The summed E-state index contributed by atoms with van der Waals surface area (Å²) < 4.78 is 2.06. The predicted molar refractivity (Wildman–Crippen MR) is 50.6 cm³/mol. The van der Waals surface area contributed by atoms with Crippen LogP contribution in [0, 0.1) is 0 Å². The number of fused-ring (bicyclic) bond motifs is 1. The molecule has 3 nitrogen and oxygen atoms in total. The number of nitrogens with one attached hydrogen (secondary N) is 1.